The molecule has 0 aliphatic heterocycles. The molecule has 0 unspecified atom stereocenters. The number of nitro groups is 1. The molecule has 1 aromatic carbocycles. The predicted octanol–water partition coefficient (Wildman–Crippen LogP) is 1.47. The molecule has 18 heavy (non-hydrogen) atoms. The summed E-state index contributed by atoms with van der Waals surface area (Å²) in [6, 6.07) is 4.36. The molecule has 0 aliphatic rings. The third-order valence-electron chi connectivity index (χ3n) is 2.24. The van der Waals surface area contributed by atoms with Crippen molar-refractivity contribution in [3.63, 3.8) is 0 Å². The molecular formula is C11H14ClN3O3. The lowest BCUT2D eigenvalue weighted by atomic mass is 10.2. The van der Waals surface area contributed by atoms with Crippen molar-refractivity contribution in [3.8, 4) is 0 Å². The molecule has 98 valence electrons. The van der Waals surface area contributed by atoms with Crippen LogP contribution in [0.1, 0.15) is 12.5 Å². The number of carbonyl (C=O) groups is 1. The van der Waals surface area contributed by atoms with Gasteiger partial charge in [-0.15, -0.1) is 0 Å². The number of carbonyl (C=O) groups excluding carboxylic acids is 1. The number of halogens is 1. The first kappa shape index (κ1) is 14.4. The van der Waals surface area contributed by atoms with Crippen LogP contribution in [0.4, 0.5) is 5.69 Å². The third-order valence-corrected chi connectivity index (χ3v) is 2.59. The summed E-state index contributed by atoms with van der Waals surface area (Å²) in [6.45, 7) is 3.08. The highest BCUT2D eigenvalue weighted by Gasteiger charge is 2.08. The van der Waals surface area contributed by atoms with Gasteiger partial charge in [-0.05, 0) is 11.6 Å². The molecule has 1 amide bonds. The van der Waals surface area contributed by atoms with Crippen molar-refractivity contribution in [1.29, 1.82) is 0 Å². The number of nitrogens with one attached hydrogen (secondary N) is 2. The minimum Gasteiger partial charge on any atom is -0.355 e. The molecule has 0 bridgehead atoms. The summed E-state index contributed by atoms with van der Waals surface area (Å²) in [7, 11) is 0. The molecular weight excluding hydrogens is 258 g/mol. The Morgan fingerprint density at radius 2 is 2.17 bits per heavy atom. The number of nitro benzene ring substituents is 1. The molecule has 6 nitrogen and oxygen atoms in total. The van der Waals surface area contributed by atoms with Crippen LogP contribution in [0.3, 0.4) is 0 Å². The van der Waals surface area contributed by atoms with Gasteiger partial charge in [-0.1, -0.05) is 11.6 Å². The lowest BCUT2D eigenvalue weighted by molar-refractivity contribution is -0.384. The van der Waals surface area contributed by atoms with E-state index in [1.54, 1.807) is 6.07 Å². The van der Waals surface area contributed by atoms with Gasteiger partial charge in [0.2, 0.25) is 5.91 Å². The quantitative estimate of drug-likeness (QED) is 0.466. The Kier molecular flexibility index (Phi) is 5.54. The highest BCUT2D eigenvalue weighted by atomic mass is 35.5. The van der Waals surface area contributed by atoms with Crippen LogP contribution in [-0.2, 0) is 11.3 Å². The van der Waals surface area contributed by atoms with Crippen LogP contribution in [0, 0.1) is 10.1 Å². The van der Waals surface area contributed by atoms with Crippen molar-refractivity contribution in [2.75, 3.05) is 13.1 Å². The van der Waals surface area contributed by atoms with Gasteiger partial charge >= 0.3 is 0 Å². The first-order valence-corrected chi connectivity index (χ1v) is 5.76. The van der Waals surface area contributed by atoms with E-state index in [1.807, 2.05) is 0 Å². The molecule has 1 rings (SSSR count). The van der Waals surface area contributed by atoms with Gasteiger partial charge in [0, 0.05) is 38.7 Å². The van der Waals surface area contributed by atoms with Gasteiger partial charge < -0.3 is 10.6 Å². The molecule has 0 spiro atoms. The molecule has 0 aliphatic carbocycles. The molecule has 7 heteroatoms. The average molecular weight is 272 g/mol. The highest BCUT2D eigenvalue weighted by Crippen LogP contribution is 2.22. The zero-order valence-electron chi connectivity index (χ0n) is 9.90. The number of nitrogens with zero attached hydrogens (tertiary/aromatic N) is 1. The van der Waals surface area contributed by atoms with E-state index < -0.39 is 4.92 Å². The van der Waals surface area contributed by atoms with E-state index in [4.69, 9.17) is 11.6 Å². The number of hydrogen-bond acceptors (Lipinski definition) is 4. The number of non-ortho nitro benzene ring substituents is 1. The molecule has 0 radical (unpaired) electrons. The summed E-state index contributed by atoms with van der Waals surface area (Å²) < 4.78 is 0. The van der Waals surface area contributed by atoms with Crippen LogP contribution in [0.25, 0.3) is 0 Å². The van der Waals surface area contributed by atoms with Crippen LogP contribution < -0.4 is 10.6 Å². The van der Waals surface area contributed by atoms with Crippen molar-refractivity contribution in [2.45, 2.75) is 13.5 Å². The van der Waals surface area contributed by atoms with Gasteiger partial charge in [0.25, 0.3) is 5.69 Å². The fourth-order valence-corrected chi connectivity index (χ4v) is 1.58. The summed E-state index contributed by atoms with van der Waals surface area (Å²) in [4.78, 5) is 20.6. The van der Waals surface area contributed by atoms with Gasteiger partial charge in [0.1, 0.15) is 0 Å². The normalized spacial score (nSPS) is 10.1. The Morgan fingerprint density at radius 1 is 1.44 bits per heavy atom. The lowest BCUT2D eigenvalue weighted by Gasteiger charge is -2.07. The Balaban J connectivity index is 2.43. The Morgan fingerprint density at radius 3 is 2.72 bits per heavy atom. The van der Waals surface area contributed by atoms with E-state index in [2.05, 4.69) is 10.6 Å². The number of amides is 1. The molecule has 1 aromatic rings. The minimum absolute atomic E-state index is 0.0259. The number of rotatable bonds is 6. The van der Waals surface area contributed by atoms with E-state index >= 15 is 0 Å². The van der Waals surface area contributed by atoms with E-state index in [0.717, 1.165) is 5.56 Å². The van der Waals surface area contributed by atoms with Gasteiger partial charge in [0.05, 0.1) is 9.95 Å². The number of benzene rings is 1. The third kappa shape index (κ3) is 4.68. The molecule has 0 fully saturated rings. The first-order valence-electron chi connectivity index (χ1n) is 5.38. The van der Waals surface area contributed by atoms with Crippen LogP contribution in [0.2, 0.25) is 5.02 Å². The zero-order chi connectivity index (χ0) is 13.5. The van der Waals surface area contributed by atoms with Gasteiger partial charge in [0.15, 0.2) is 0 Å². The lowest BCUT2D eigenvalue weighted by Crippen LogP contribution is -2.29. The Labute approximate surface area is 109 Å². The summed E-state index contributed by atoms with van der Waals surface area (Å²) in [5.74, 6) is -0.0785. The summed E-state index contributed by atoms with van der Waals surface area (Å²) >= 11 is 5.92. The van der Waals surface area contributed by atoms with Gasteiger partial charge in [-0.3, -0.25) is 14.9 Å². The van der Waals surface area contributed by atoms with Crippen molar-refractivity contribution in [2.24, 2.45) is 0 Å². The SMILES string of the molecule is CC(=O)NCCNCc1ccc([N+](=O)[O-])cc1Cl. The van der Waals surface area contributed by atoms with E-state index in [9.17, 15) is 14.9 Å². The smallest absolute Gasteiger partial charge is 0.270 e. The maximum atomic E-state index is 10.6. The fourth-order valence-electron chi connectivity index (χ4n) is 1.34. The zero-order valence-corrected chi connectivity index (χ0v) is 10.7. The van der Waals surface area contributed by atoms with Crippen molar-refractivity contribution >= 4 is 23.2 Å². The molecule has 0 saturated heterocycles. The van der Waals surface area contributed by atoms with Crippen molar-refractivity contribution in [3.05, 3.63) is 38.9 Å². The largest absolute Gasteiger partial charge is 0.355 e. The summed E-state index contributed by atoms with van der Waals surface area (Å²) in [5.41, 5.74) is 0.757. The Bertz CT molecular complexity index is 451. The second-order valence-corrected chi connectivity index (χ2v) is 4.10. The van der Waals surface area contributed by atoms with Crippen molar-refractivity contribution in [1.82, 2.24) is 10.6 Å². The second kappa shape index (κ2) is 6.93. The topological polar surface area (TPSA) is 84.3 Å². The molecule has 2 N–H and O–H groups in total. The summed E-state index contributed by atoms with van der Waals surface area (Å²) in [5, 5.41) is 16.6. The van der Waals surface area contributed by atoms with Crippen molar-refractivity contribution < 1.29 is 9.72 Å². The van der Waals surface area contributed by atoms with Crippen LogP contribution >= 0.6 is 11.6 Å². The van der Waals surface area contributed by atoms with Gasteiger partial charge in [-0.2, -0.15) is 0 Å². The number of hydrogen-bond donors (Lipinski definition) is 2. The maximum absolute atomic E-state index is 10.6. The molecule has 0 atom stereocenters. The van der Waals surface area contributed by atoms with E-state index in [1.165, 1.54) is 19.1 Å². The molecule has 0 saturated carbocycles. The minimum atomic E-state index is -0.486. The predicted molar refractivity (Wildman–Crippen MR) is 68.5 cm³/mol. The monoisotopic (exact) mass is 271 g/mol. The average Bonchev–Trinajstić information content (AvgIpc) is 2.29. The first-order chi connectivity index (χ1) is 8.50. The second-order valence-electron chi connectivity index (χ2n) is 3.69. The Hall–Kier alpha value is -1.66. The van der Waals surface area contributed by atoms with Crippen LogP contribution in [0.5, 0.6) is 0 Å². The fraction of sp³-hybridized carbons (Fsp3) is 0.364. The van der Waals surface area contributed by atoms with E-state index in [-0.39, 0.29) is 11.6 Å². The summed E-state index contributed by atoms with van der Waals surface area (Å²) in [6.07, 6.45) is 0. The molecule has 0 aromatic heterocycles. The van der Waals surface area contributed by atoms with Crippen LogP contribution in [-0.4, -0.2) is 23.9 Å². The highest BCUT2D eigenvalue weighted by molar-refractivity contribution is 6.31. The van der Waals surface area contributed by atoms with Crippen LogP contribution in [0.15, 0.2) is 18.2 Å². The maximum Gasteiger partial charge on any atom is 0.270 e. The molecule has 0 heterocycles. The van der Waals surface area contributed by atoms with Gasteiger partial charge in [-0.25, -0.2) is 0 Å². The van der Waals surface area contributed by atoms with E-state index in [0.29, 0.717) is 24.7 Å². The standard InChI is InChI=1S/C11H14ClN3O3/c1-8(16)14-5-4-13-7-9-2-3-10(15(17)18)6-11(9)12/h2-3,6,13H,4-5,7H2,1H3,(H,14,16).